The Labute approximate surface area is 120 Å². The van der Waals surface area contributed by atoms with Crippen molar-refractivity contribution in [1.29, 1.82) is 0 Å². The maximum atomic E-state index is 6.19. The summed E-state index contributed by atoms with van der Waals surface area (Å²) in [6, 6.07) is 11.9. The van der Waals surface area contributed by atoms with Crippen molar-refractivity contribution in [3.05, 3.63) is 47.7 Å². The molecule has 0 aliphatic heterocycles. The number of halogens is 1. The predicted molar refractivity (Wildman–Crippen MR) is 79.6 cm³/mol. The maximum absolute atomic E-state index is 6.19. The van der Waals surface area contributed by atoms with Crippen molar-refractivity contribution in [3.63, 3.8) is 0 Å². The molecule has 94 valence electrons. The minimum Gasteiger partial charge on any atom is -0.248 e. The van der Waals surface area contributed by atoms with E-state index in [2.05, 4.69) is 15.0 Å². The van der Waals surface area contributed by atoms with Gasteiger partial charge in [-0.1, -0.05) is 47.6 Å². The molecule has 0 bridgehead atoms. The van der Waals surface area contributed by atoms with Crippen LogP contribution in [0.5, 0.6) is 0 Å². The second-order valence-electron chi connectivity index (χ2n) is 3.95. The Hall–Kier alpha value is -1.65. The summed E-state index contributed by atoms with van der Waals surface area (Å²) in [5, 5.41) is 2.20. The molecule has 3 aromatic rings. The van der Waals surface area contributed by atoms with E-state index in [-0.39, 0.29) is 0 Å². The van der Waals surface area contributed by atoms with Gasteiger partial charge in [-0.15, -0.1) is 0 Å². The number of hydrogen-bond donors (Lipinski definition) is 0. The average molecular weight is 288 g/mol. The van der Waals surface area contributed by atoms with Crippen LogP contribution in [0.1, 0.15) is 0 Å². The molecule has 0 spiro atoms. The molecule has 2 heterocycles. The molecule has 0 fully saturated rings. The molecule has 0 radical (unpaired) electrons. The number of pyridine rings is 1. The van der Waals surface area contributed by atoms with E-state index in [1.165, 1.54) is 11.8 Å². The van der Waals surface area contributed by atoms with E-state index in [1.807, 2.05) is 42.7 Å². The van der Waals surface area contributed by atoms with E-state index in [0.717, 1.165) is 22.2 Å². The van der Waals surface area contributed by atoms with Crippen LogP contribution in [0.4, 0.5) is 0 Å². The number of rotatable bonds is 2. The quantitative estimate of drug-likeness (QED) is 0.405. The number of fused-ring (bicyclic) bond motifs is 1. The minimum absolute atomic E-state index is 0.433. The second kappa shape index (κ2) is 5.15. The summed E-state index contributed by atoms with van der Waals surface area (Å²) >= 11 is 7.65. The van der Waals surface area contributed by atoms with Crippen LogP contribution in [0.3, 0.4) is 0 Å². The zero-order valence-corrected chi connectivity index (χ0v) is 11.7. The third kappa shape index (κ3) is 2.41. The van der Waals surface area contributed by atoms with Gasteiger partial charge in [0.1, 0.15) is 5.15 Å². The van der Waals surface area contributed by atoms with Gasteiger partial charge in [-0.25, -0.2) is 15.0 Å². The summed E-state index contributed by atoms with van der Waals surface area (Å²) in [6.07, 6.45) is 3.64. The van der Waals surface area contributed by atoms with Crippen LogP contribution in [0.25, 0.3) is 22.2 Å². The number of nitrogens with zero attached hydrogens (tertiary/aromatic N) is 3. The first kappa shape index (κ1) is 12.4. The number of para-hydroxylation sites is 1. The summed E-state index contributed by atoms with van der Waals surface area (Å²) < 4.78 is 0. The molecule has 1 aromatic carbocycles. The van der Waals surface area contributed by atoms with Crippen molar-refractivity contribution in [1.82, 2.24) is 15.0 Å². The van der Waals surface area contributed by atoms with E-state index >= 15 is 0 Å². The first-order chi connectivity index (χ1) is 9.28. The fourth-order valence-electron chi connectivity index (χ4n) is 1.83. The van der Waals surface area contributed by atoms with Crippen LogP contribution < -0.4 is 0 Å². The molecule has 3 rings (SSSR count). The topological polar surface area (TPSA) is 38.7 Å². The van der Waals surface area contributed by atoms with E-state index in [1.54, 1.807) is 6.20 Å². The van der Waals surface area contributed by atoms with Crippen molar-refractivity contribution in [2.75, 3.05) is 6.26 Å². The van der Waals surface area contributed by atoms with Gasteiger partial charge in [0.2, 0.25) is 0 Å². The zero-order valence-electron chi connectivity index (χ0n) is 10.2. The van der Waals surface area contributed by atoms with Crippen molar-refractivity contribution in [2.24, 2.45) is 0 Å². The molecule has 3 nitrogen and oxygen atoms in total. The Kier molecular flexibility index (Phi) is 3.36. The molecular weight excluding hydrogens is 278 g/mol. The van der Waals surface area contributed by atoms with Gasteiger partial charge < -0.3 is 0 Å². The molecule has 0 saturated carbocycles. The van der Waals surface area contributed by atoms with Gasteiger partial charge in [0.05, 0.1) is 16.8 Å². The fraction of sp³-hybridized carbons (Fsp3) is 0.0714. The zero-order chi connectivity index (χ0) is 13.2. The number of thioether (sulfide) groups is 1. The third-order valence-electron chi connectivity index (χ3n) is 2.78. The SMILES string of the molecule is CSc1ncc(-c2ccc3ccccc3n2)c(Cl)n1. The van der Waals surface area contributed by atoms with Gasteiger partial charge in [-0.2, -0.15) is 0 Å². The lowest BCUT2D eigenvalue weighted by atomic mass is 10.1. The summed E-state index contributed by atoms with van der Waals surface area (Å²) in [4.78, 5) is 13.1. The Bertz CT molecular complexity index is 746. The molecule has 0 aliphatic rings. The Morgan fingerprint density at radius 1 is 1.05 bits per heavy atom. The summed E-state index contributed by atoms with van der Waals surface area (Å²) in [5.74, 6) is 0. The molecule has 0 aliphatic carbocycles. The normalized spacial score (nSPS) is 10.8. The molecule has 0 unspecified atom stereocenters. The van der Waals surface area contributed by atoms with Crippen LogP contribution >= 0.6 is 23.4 Å². The van der Waals surface area contributed by atoms with Crippen LogP contribution in [0.15, 0.2) is 47.8 Å². The van der Waals surface area contributed by atoms with E-state index in [4.69, 9.17) is 11.6 Å². The fourth-order valence-corrected chi connectivity index (χ4v) is 2.45. The molecule has 0 saturated heterocycles. The minimum atomic E-state index is 0.433. The van der Waals surface area contributed by atoms with Gasteiger partial charge in [-0.3, -0.25) is 0 Å². The van der Waals surface area contributed by atoms with Gasteiger partial charge in [0, 0.05) is 11.6 Å². The Morgan fingerprint density at radius 2 is 1.89 bits per heavy atom. The highest BCUT2D eigenvalue weighted by molar-refractivity contribution is 7.98. The van der Waals surface area contributed by atoms with Gasteiger partial charge in [-0.05, 0) is 18.4 Å². The van der Waals surface area contributed by atoms with Crippen LogP contribution in [0, 0.1) is 0 Å². The average Bonchev–Trinajstić information content (AvgIpc) is 2.46. The lowest BCUT2D eigenvalue weighted by Gasteiger charge is -2.05. The number of hydrogen-bond acceptors (Lipinski definition) is 4. The van der Waals surface area contributed by atoms with Crippen LogP contribution in [-0.4, -0.2) is 21.2 Å². The Morgan fingerprint density at radius 3 is 2.68 bits per heavy atom. The summed E-state index contributed by atoms with van der Waals surface area (Å²) in [6.45, 7) is 0. The van der Waals surface area contributed by atoms with Gasteiger partial charge in [0.25, 0.3) is 0 Å². The third-order valence-corrected chi connectivity index (χ3v) is 3.63. The summed E-state index contributed by atoms with van der Waals surface area (Å²) in [5.41, 5.74) is 2.48. The van der Waals surface area contributed by atoms with E-state index < -0.39 is 0 Å². The molecule has 0 atom stereocenters. The molecular formula is C14H10ClN3S. The molecule has 0 N–H and O–H groups in total. The monoisotopic (exact) mass is 287 g/mol. The molecule has 5 heteroatoms. The first-order valence-electron chi connectivity index (χ1n) is 5.70. The van der Waals surface area contributed by atoms with Gasteiger partial charge >= 0.3 is 0 Å². The molecule has 19 heavy (non-hydrogen) atoms. The van der Waals surface area contributed by atoms with Crippen LogP contribution in [-0.2, 0) is 0 Å². The van der Waals surface area contributed by atoms with E-state index in [0.29, 0.717) is 10.3 Å². The van der Waals surface area contributed by atoms with Gasteiger partial charge in [0.15, 0.2) is 5.16 Å². The maximum Gasteiger partial charge on any atom is 0.188 e. The smallest absolute Gasteiger partial charge is 0.188 e. The first-order valence-corrected chi connectivity index (χ1v) is 7.31. The number of benzene rings is 1. The second-order valence-corrected chi connectivity index (χ2v) is 5.08. The highest BCUT2D eigenvalue weighted by Crippen LogP contribution is 2.27. The highest BCUT2D eigenvalue weighted by atomic mass is 35.5. The van der Waals surface area contributed by atoms with E-state index in [9.17, 15) is 0 Å². The predicted octanol–water partition coefficient (Wildman–Crippen LogP) is 4.07. The molecule has 0 amide bonds. The standard InChI is InChI=1S/C14H10ClN3S/c1-19-14-16-8-10(13(15)18-14)12-7-6-9-4-2-3-5-11(9)17-12/h2-8H,1H3. The van der Waals surface area contributed by atoms with Crippen LogP contribution in [0.2, 0.25) is 5.15 Å². The van der Waals surface area contributed by atoms with Crippen molar-refractivity contribution in [3.8, 4) is 11.3 Å². The molecule has 2 aromatic heterocycles. The van der Waals surface area contributed by atoms with Crippen molar-refractivity contribution < 1.29 is 0 Å². The van der Waals surface area contributed by atoms with Crippen molar-refractivity contribution in [2.45, 2.75) is 5.16 Å². The highest BCUT2D eigenvalue weighted by Gasteiger charge is 2.09. The number of aromatic nitrogens is 3. The lowest BCUT2D eigenvalue weighted by molar-refractivity contribution is 0.972. The Balaban J connectivity index is 2.13. The lowest BCUT2D eigenvalue weighted by Crippen LogP contribution is -1.92. The largest absolute Gasteiger partial charge is 0.248 e. The van der Waals surface area contributed by atoms with Crippen molar-refractivity contribution >= 4 is 34.3 Å². The summed E-state index contributed by atoms with van der Waals surface area (Å²) in [7, 11) is 0.